The van der Waals surface area contributed by atoms with E-state index >= 15 is 0 Å². The second-order valence-corrected chi connectivity index (χ2v) is 8.52. The molecule has 4 rings (SSSR count). The maximum absolute atomic E-state index is 12.9. The predicted molar refractivity (Wildman–Crippen MR) is 120 cm³/mol. The molecule has 0 saturated heterocycles. The first-order valence-electron chi connectivity index (χ1n) is 9.90. The third-order valence-corrected chi connectivity index (χ3v) is 5.94. The fraction of sp³-hybridized carbons (Fsp3) is 0.273. The Morgan fingerprint density at radius 1 is 1.13 bits per heavy atom. The summed E-state index contributed by atoms with van der Waals surface area (Å²) in [5.74, 6) is 0.376. The molecular formula is C22H23N5O2S. The van der Waals surface area contributed by atoms with Crippen LogP contribution in [-0.4, -0.2) is 30.3 Å². The molecular weight excluding hydrogens is 398 g/mol. The Morgan fingerprint density at radius 3 is 2.60 bits per heavy atom. The minimum atomic E-state index is -0.399. The lowest BCUT2D eigenvalue weighted by atomic mass is 10.2. The van der Waals surface area contributed by atoms with Crippen molar-refractivity contribution in [3.05, 3.63) is 64.4 Å². The Balaban J connectivity index is 1.70. The fourth-order valence-corrected chi connectivity index (χ4v) is 4.18. The van der Waals surface area contributed by atoms with Gasteiger partial charge in [-0.3, -0.25) is 18.6 Å². The number of hydrogen-bond donors (Lipinski definition) is 1. The van der Waals surface area contributed by atoms with Gasteiger partial charge in [-0.2, -0.15) is 0 Å². The van der Waals surface area contributed by atoms with Crippen LogP contribution in [0.1, 0.15) is 25.8 Å². The van der Waals surface area contributed by atoms with Crippen molar-refractivity contribution in [2.24, 2.45) is 0 Å². The first-order valence-corrected chi connectivity index (χ1v) is 10.8. The number of carbonyl (C=O) groups is 1. The van der Waals surface area contributed by atoms with Crippen LogP contribution in [0.4, 0.5) is 5.69 Å². The largest absolute Gasteiger partial charge is 0.325 e. The number of para-hydroxylation sites is 1. The zero-order chi connectivity index (χ0) is 21.3. The minimum absolute atomic E-state index is 0.0749. The third kappa shape index (κ3) is 3.70. The van der Waals surface area contributed by atoms with Gasteiger partial charge in [0.25, 0.3) is 5.56 Å². The number of rotatable bonds is 6. The zero-order valence-corrected chi connectivity index (χ0v) is 17.9. The topological polar surface area (TPSA) is 81.3 Å². The molecule has 0 radical (unpaired) electrons. The Hall–Kier alpha value is -3.13. The molecule has 0 spiro atoms. The summed E-state index contributed by atoms with van der Waals surface area (Å²) >= 11 is 1.32. The maximum Gasteiger partial charge on any atom is 0.262 e. The smallest absolute Gasteiger partial charge is 0.262 e. The summed E-state index contributed by atoms with van der Waals surface area (Å²) in [6.45, 7) is 6.41. The summed E-state index contributed by atoms with van der Waals surface area (Å²) in [5.41, 5.74) is 2.55. The van der Waals surface area contributed by atoms with E-state index in [1.165, 1.54) is 11.8 Å². The van der Waals surface area contributed by atoms with Gasteiger partial charge < -0.3 is 5.32 Å². The number of carbonyl (C=O) groups excluding carboxylic acids is 1. The Kier molecular flexibility index (Phi) is 5.59. The van der Waals surface area contributed by atoms with Gasteiger partial charge in [0.05, 0.1) is 16.2 Å². The van der Waals surface area contributed by atoms with Crippen molar-refractivity contribution in [2.45, 2.75) is 44.1 Å². The van der Waals surface area contributed by atoms with E-state index in [2.05, 4.69) is 15.5 Å². The molecule has 1 amide bonds. The molecule has 4 aromatic rings. The standard InChI is InChI=1S/C22H23N5O2S/c1-4-13-26-20(29)17-7-5-6-8-18(17)27-21(26)24-25-22(27)30-15(3)19(28)23-16-11-9-14(2)10-12-16/h5-12,15H,4,13H2,1-3H3,(H,23,28)/t15-/m1/s1. The molecule has 2 heterocycles. The molecule has 0 bridgehead atoms. The number of benzene rings is 2. The monoisotopic (exact) mass is 421 g/mol. The number of anilines is 1. The average molecular weight is 422 g/mol. The minimum Gasteiger partial charge on any atom is -0.325 e. The zero-order valence-electron chi connectivity index (χ0n) is 17.1. The second-order valence-electron chi connectivity index (χ2n) is 7.21. The van der Waals surface area contributed by atoms with Crippen molar-refractivity contribution in [2.75, 3.05) is 5.32 Å². The van der Waals surface area contributed by atoms with E-state index < -0.39 is 5.25 Å². The maximum atomic E-state index is 12.9. The van der Waals surface area contributed by atoms with E-state index in [4.69, 9.17) is 0 Å². The highest BCUT2D eigenvalue weighted by atomic mass is 32.2. The molecule has 154 valence electrons. The van der Waals surface area contributed by atoms with Crippen molar-refractivity contribution in [3.8, 4) is 0 Å². The van der Waals surface area contributed by atoms with E-state index in [9.17, 15) is 9.59 Å². The lowest BCUT2D eigenvalue weighted by molar-refractivity contribution is -0.115. The van der Waals surface area contributed by atoms with E-state index in [1.54, 1.807) is 4.57 Å². The van der Waals surface area contributed by atoms with Gasteiger partial charge in [0, 0.05) is 12.2 Å². The second kappa shape index (κ2) is 8.31. The van der Waals surface area contributed by atoms with Crippen molar-refractivity contribution in [3.63, 3.8) is 0 Å². The highest BCUT2D eigenvalue weighted by molar-refractivity contribution is 8.00. The van der Waals surface area contributed by atoms with Crippen LogP contribution in [0.5, 0.6) is 0 Å². The molecule has 0 unspecified atom stereocenters. The number of hydrogen-bond acceptors (Lipinski definition) is 5. The molecule has 2 aromatic carbocycles. The molecule has 1 atom stereocenters. The van der Waals surface area contributed by atoms with Crippen LogP contribution in [0.15, 0.2) is 58.5 Å². The van der Waals surface area contributed by atoms with Gasteiger partial charge in [0.2, 0.25) is 11.7 Å². The molecule has 1 N–H and O–H groups in total. The van der Waals surface area contributed by atoms with E-state index in [0.29, 0.717) is 22.9 Å². The highest BCUT2D eigenvalue weighted by Gasteiger charge is 2.21. The van der Waals surface area contributed by atoms with E-state index in [-0.39, 0.29) is 11.5 Å². The van der Waals surface area contributed by atoms with Crippen molar-refractivity contribution in [1.82, 2.24) is 19.2 Å². The molecule has 0 aliphatic heterocycles. The highest BCUT2D eigenvalue weighted by Crippen LogP contribution is 2.26. The van der Waals surface area contributed by atoms with Crippen molar-refractivity contribution >= 4 is 40.0 Å². The van der Waals surface area contributed by atoms with Gasteiger partial charge in [-0.25, -0.2) is 0 Å². The summed E-state index contributed by atoms with van der Waals surface area (Å²) in [6.07, 6.45) is 0.804. The summed E-state index contributed by atoms with van der Waals surface area (Å²) in [6, 6.07) is 15.1. The Bertz CT molecular complexity index is 1280. The van der Waals surface area contributed by atoms with Gasteiger partial charge in [-0.1, -0.05) is 48.5 Å². The molecule has 0 aliphatic rings. The van der Waals surface area contributed by atoms with Crippen LogP contribution in [0.3, 0.4) is 0 Å². The van der Waals surface area contributed by atoms with Crippen LogP contribution in [-0.2, 0) is 11.3 Å². The number of aromatic nitrogens is 4. The SMILES string of the molecule is CCCn1c(=O)c2ccccc2n2c(S[C@H](C)C(=O)Nc3ccc(C)cc3)nnc12. The van der Waals surface area contributed by atoms with Gasteiger partial charge >= 0.3 is 0 Å². The molecule has 0 aliphatic carbocycles. The third-order valence-electron chi connectivity index (χ3n) is 4.90. The Morgan fingerprint density at radius 2 is 1.87 bits per heavy atom. The average Bonchev–Trinajstić information content (AvgIpc) is 3.16. The number of thioether (sulfide) groups is 1. The van der Waals surface area contributed by atoms with Crippen LogP contribution < -0.4 is 10.9 Å². The molecule has 2 aromatic heterocycles. The van der Waals surface area contributed by atoms with Gasteiger partial charge in [0.15, 0.2) is 5.16 Å². The van der Waals surface area contributed by atoms with Gasteiger partial charge in [-0.05, 0) is 44.5 Å². The first-order chi connectivity index (χ1) is 14.5. The van der Waals surface area contributed by atoms with Crippen LogP contribution in [0.2, 0.25) is 0 Å². The number of amides is 1. The molecule has 30 heavy (non-hydrogen) atoms. The van der Waals surface area contributed by atoms with Crippen LogP contribution >= 0.6 is 11.8 Å². The number of aryl methyl sites for hydroxylation is 2. The quantitative estimate of drug-likeness (QED) is 0.478. The normalized spacial score (nSPS) is 12.4. The molecule has 8 heteroatoms. The van der Waals surface area contributed by atoms with E-state index in [0.717, 1.165) is 23.2 Å². The van der Waals surface area contributed by atoms with Crippen LogP contribution in [0.25, 0.3) is 16.7 Å². The number of nitrogens with one attached hydrogen (secondary N) is 1. The van der Waals surface area contributed by atoms with Gasteiger partial charge in [-0.15, -0.1) is 10.2 Å². The number of fused-ring (bicyclic) bond motifs is 3. The predicted octanol–water partition coefficient (Wildman–Crippen LogP) is 3.88. The molecule has 0 fully saturated rings. The fourth-order valence-electron chi connectivity index (χ4n) is 3.33. The van der Waals surface area contributed by atoms with Crippen molar-refractivity contribution < 1.29 is 4.79 Å². The van der Waals surface area contributed by atoms with Crippen molar-refractivity contribution in [1.29, 1.82) is 0 Å². The summed E-state index contributed by atoms with van der Waals surface area (Å²) in [4.78, 5) is 25.6. The van der Waals surface area contributed by atoms with Crippen LogP contribution in [0, 0.1) is 6.92 Å². The lowest BCUT2D eigenvalue weighted by Gasteiger charge is -2.13. The number of nitrogens with zero attached hydrogens (tertiary/aromatic N) is 4. The lowest BCUT2D eigenvalue weighted by Crippen LogP contribution is -2.24. The van der Waals surface area contributed by atoms with Gasteiger partial charge in [0.1, 0.15) is 0 Å². The molecule has 7 nitrogen and oxygen atoms in total. The van der Waals surface area contributed by atoms with E-state index in [1.807, 2.05) is 73.7 Å². The summed E-state index contributed by atoms with van der Waals surface area (Å²) < 4.78 is 3.52. The summed E-state index contributed by atoms with van der Waals surface area (Å²) in [5, 5.41) is 12.3. The molecule has 0 saturated carbocycles. The first kappa shape index (κ1) is 20.2. The Labute approximate surface area is 178 Å². The summed E-state index contributed by atoms with van der Waals surface area (Å²) in [7, 11) is 0.